The molecule has 0 bridgehead atoms. The number of aromatic amines is 1. The molecule has 10 heavy (non-hydrogen) atoms. The standard InChI is InChI=1S/C5H5N3O2/c6-3-1-2-4(10-3)8-5(9)7-2/h1H,6H2,(H2,7,8,9). The molecule has 0 aliphatic carbocycles. The van der Waals surface area contributed by atoms with Crippen molar-refractivity contribution in [1.29, 1.82) is 0 Å². The van der Waals surface area contributed by atoms with Crippen molar-refractivity contribution in [3.63, 3.8) is 0 Å². The Balaban J connectivity index is 2.83. The lowest BCUT2D eigenvalue weighted by Crippen LogP contribution is -1.76. The van der Waals surface area contributed by atoms with E-state index in [1.165, 1.54) is 0 Å². The summed E-state index contributed by atoms with van der Waals surface area (Å²) in [5.74, 6) is 0.286. The first kappa shape index (κ1) is 5.16. The number of rotatable bonds is 0. The molecular weight excluding hydrogens is 134 g/mol. The fourth-order valence-electron chi connectivity index (χ4n) is 0.817. The lowest BCUT2D eigenvalue weighted by molar-refractivity contribution is 0.436. The molecule has 5 nitrogen and oxygen atoms in total. The normalized spacial score (nSPS) is 10.8. The predicted molar refractivity (Wildman–Crippen MR) is 34.4 cm³/mol. The zero-order valence-electron chi connectivity index (χ0n) is 4.96. The Hall–Kier alpha value is -1.65. The molecule has 4 N–H and O–H groups in total. The number of nitrogens with two attached hydrogens (primary N) is 1. The number of aromatic nitrogens is 2. The summed E-state index contributed by atoms with van der Waals surface area (Å²) in [6.45, 7) is 0. The van der Waals surface area contributed by atoms with Gasteiger partial charge in [-0.05, 0) is 0 Å². The van der Waals surface area contributed by atoms with Crippen LogP contribution in [0.4, 0.5) is 5.88 Å². The highest BCUT2D eigenvalue weighted by Gasteiger charge is 2.04. The van der Waals surface area contributed by atoms with Crippen molar-refractivity contribution >= 4 is 17.1 Å². The van der Waals surface area contributed by atoms with Gasteiger partial charge >= 0.3 is 0 Å². The van der Waals surface area contributed by atoms with E-state index in [2.05, 4.69) is 9.97 Å². The number of anilines is 1. The van der Waals surface area contributed by atoms with Gasteiger partial charge < -0.3 is 20.2 Å². The van der Waals surface area contributed by atoms with E-state index in [9.17, 15) is 0 Å². The van der Waals surface area contributed by atoms with Crippen LogP contribution in [-0.4, -0.2) is 15.1 Å². The molecule has 2 aromatic rings. The minimum atomic E-state index is -0.159. The molecule has 0 fully saturated rings. The van der Waals surface area contributed by atoms with Crippen LogP contribution in [0.3, 0.4) is 0 Å². The van der Waals surface area contributed by atoms with E-state index in [4.69, 9.17) is 15.3 Å². The number of H-pyrrole nitrogens is 1. The van der Waals surface area contributed by atoms with Gasteiger partial charge in [0.15, 0.2) is 5.88 Å². The van der Waals surface area contributed by atoms with Gasteiger partial charge in [-0.3, -0.25) is 0 Å². The highest BCUT2D eigenvalue weighted by molar-refractivity contribution is 5.73. The highest BCUT2D eigenvalue weighted by Crippen LogP contribution is 2.19. The van der Waals surface area contributed by atoms with Gasteiger partial charge in [-0.25, -0.2) is 0 Å². The predicted octanol–water partition coefficient (Wildman–Crippen LogP) is 0.444. The third-order valence-electron chi connectivity index (χ3n) is 1.19. The summed E-state index contributed by atoms with van der Waals surface area (Å²) in [6, 6.07) is 1.40. The van der Waals surface area contributed by atoms with Crippen LogP contribution in [0.5, 0.6) is 6.01 Å². The van der Waals surface area contributed by atoms with Crippen LogP contribution in [0.2, 0.25) is 0 Å². The van der Waals surface area contributed by atoms with Crippen LogP contribution in [0.15, 0.2) is 10.5 Å². The molecule has 2 heterocycles. The third-order valence-corrected chi connectivity index (χ3v) is 1.19. The second-order valence-electron chi connectivity index (χ2n) is 1.93. The number of hydrogen-bond acceptors (Lipinski definition) is 4. The maximum atomic E-state index is 8.77. The van der Waals surface area contributed by atoms with Crippen molar-refractivity contribution in [2.75, 3.05) is 5.73 Å². The quantitative estimate of drug-likeness (QED) is 0.494. The first-order valence-electron chi connectivity index (χ1n) is 2.70. The molecule has 0 atom stereocenters. The van der Waals surface area contributed by atoms with Gasteiger partial charge in [0.25, 0.3) is 6.01 Å². The van der Waals surface area contributed by atoms with E-state index in [-0.39, 0.29) is 11.9 Å². The Bertz CT molecular complexity index is 299. The van der Waals surface area contributed by atoms with Crippen molar-refractivity contribution in [3.05, 3.63) is 6.07 Å². The molecule has 0 aliphatic rings. The van der Waals surface area contributed by atoms with Gasteiger partial charge in [0, 0.05) is 6.07 Å². The van der Waals surface area contributed by atoms with Gasteiger partial charge in [0.1, 0.15) is 5.52 Å². The number of aromatic hydroxyl groups is 1. The second kappa shape index (κ2) is 1.44. The Kier molecular flexibility index (Phi) is 0.743. The molecule has 0 spiro atoms. The lowest BCUT2D eigenvalue weighted by Gasteiger charge is -1.77. The van der Waals surface area contributed by atoms with Crippen LogP contribution in [0.25, 0.3) is 11.2 Å². The van der Waals surface area contributed by atoms with Crippen molar-refractivity contribution in [2.24, 2.45) is 0 Å². The second-order valence-corrected chi connectivity index (χ2v) is 1.93. The number of nitrogens with one attached hydrogen (secondary N) is 1. The fraction of sp³-hybridized carbons (Fsp3) is 0. The van der Waals surface area contributed by atoms with Crippen LogP contribution >= 0.6 is 0 Å². The molecule has 0 saturated heterocycles. The van der Waals surface area contributed by atoms with Gasteiger partial charge in [0.2, 0.25) is 5.71 Å². The summed E-state index contributed by atoms with van der Waals surface area (Å²) in [5.41, 5.74) is 6.21. The first-order chi connectivity index (χ1) is 4.75. The van der Waals surface area contributed by atoms with Crippen LogP contribution < -0.4 is 5.73 Å². The van der Waals surface area contributed by atoms with E-state index >= 15 is 0 Å². The number of furan rings is 1. The molecular formula is C5H5N3O2. The summed E-state index contributed by atoms with van der Waals surface area (Å²) in [7, 11) is 0. The van der Waals surface area contributed by atoms with Crippen LogP contribution in [0.1, 0.15) is 0 Å². The zero-order valence-corrected chi connectivity index (χ0v) is 4.96. The highest BCUT2D eigenvalue weighted by atomic mass is 16.4. The number of nitrogens with zero attached hydrogens (tertiary/aromatic N) is 1. The Morgan fingerprint density at radius 3 is 3.20 bits per heavy atom. The van der Waals surface area contributed by atoms with Crippen molar-refractivity contribution < 1.29 is 9.52 Å². The molecule has 0 saturated carbocycles. The van der Waals surface area contributed by atoms with E-state index < -0.39 is 0 Å². The van der Waals surface area contributed by atoms with Gasteiger partial charge in [-0.2, -0.15) is 4.98 Å². The van der Waals surface area contributed by atoms with E-state index in [1.54, 1.807) is 6.07 Å². The number of fused-ring (bicyclic) bond motifs is 1. The Morgan fingerprint density at radius 1 is 1.70 bits per heavy atom. The third kappa shape index (κ3) is 0.540. The molecule has 2 aromatic heterocycles. The van der Waals surface area contributed by atoms with Crippen molar-refractivity contribution in [1.82, 2.24) is 9.97 Å². The lowest BCUT2D eigenvalue weighted by atomic mass is 10.5. The maximum Gasteiger partial charge on any atom is 0.294 e. The van der Waals surface area contributed by atoms with Crippen molar-refractivity contribution in [3.8, 4) is 6.01 Å². The molecule has 52 valence electrons. The average Bonchev–Trinajstić information content (AvgIpc) is 2.21. The molecule has 0 radical (unpaired) electrons. The van der Waals surface area contributed by atoms with Crippen LogP contribution in [0, 0.1) is 0 Å². The minimum Gasteiger partial charge on any atom is -0.480 e. The van der Waals surface area contributed by atoms with Gasteiger partial charge in [-0.15, -0.1) is 0 Å². The number of hydrogen-bond donors (Lipinski definition) is 3. The van der Waals surface area contributed by atoms with E-state index in [0.29, 0.717) is 11.2 Å². The van der Waals surface area contributed by atoms with Gasteiger partial charge in [0.05, 0.1) is 0 Å². The summed E-state index contributed by atoms with van der Waals surface area (Å²) >= 11 is 0. The number of imidazole rings is 1. The molecule has 0 amide bonds. The maximum absolute atomic E-state index is 8.77. The SMILES string of the molecule is Nc1cc2[nH]c(O)nc2o1. The monoisotopic (exact) mass is 139 g/mol. The molecule has 5 heteroatoms. The van der Waals surface area contributed by atoms with Gasteiger partial charge in [-0.1, -0.05) is 0 Å². The van der Waals surface area contributed by atoms with E-state index in [1.807, 2.05) is 0 Å². The smallest absolute Gasteiger partial charge is 0.294 e. The molecule has 2 rings (SSSR count). The Labute approximate surface area is 55.5 Å². The molecule has 0 aromatic carbocycles. The first-order valence-corrected chi connectivity index (χ1v) is 2.70. The summed E-state index contributed by atoms with van der Waals surface area (Å²) in [4.78, 5) is 6.14. The van der Waals surface area contributed by atoms with Crippen molar-refractivity contribution in [2.45, 2.75) is 0 Å². The fourth-order valence-corrected chi connectivity index (χ4v) is 0.817. The minimum absolute atomic E-state index is 0.159. The van der Waals surface area contributed by atoms with E-state index in [0.717, 1.165) is 0 Å². The summed E-state index contributed by atoms with van der Waals surface area (Å²) in [5, 5.41) is 8.77. The largest absolute Gasteiger partial charge is 0.480 e. The summed E-state index contributed by atoms with van der Waals surface area (Å²) in [6.07, 6.45) is 0. The summed E-state index contributed by atoms with van der Waals surface area (Å²) < 4.78 is 4.86. The zero-order chi connectivity index (χ0) is 7.14. The van der Waals surface area contributed by atoms with Crippen LogP contribution in [-0.2, 0) is 0 Å². The molecule has 0 aliphatic heterocycles. The number of nitrogen functional groups attached to an aromatic ring is 1. The molecule has 0 unspecified atom stereocenters. The topological polar surface area (TPSA) is 88.1 Å². The average molecular weight is 139 g/mol. The Morgan fingerprint density at radius 2 is 2.50 bits per heavy atom.